The Kier molecular flexibility index (Phi) is 9.17. The van der Waals surface area contributed by atoms with Gasteiger partial charge in [0.15, 0.2) is 0 Å². The van der Waals surface area contributed by atoms with E-state index in [0.717, 1.165) is 56.3 Å². The van der Waals surface area contributed by atoms with Crippen LogP contribution in [0.3, 0.4) is 0 Å². The lowest BCUT2D eigenvalue weighted by Crippen LogP contribution is -2.10. The summed E-state index contributed by atoms with van der Waals surface area (Å²) in [7, 11) is 0. The summed E-state index contributed by atoms with van der Waals surface area (Å²) < 4.78 is 5.94. The summed E-state index contributed by atoms with van der Waals surface area (Å²) in [4.78, 5) is 14.9. The van der Waals surface area contributed by atoms with Crippen LogP contribution in [0.2, 0.25) is 0 Å². The van der Waals surface area contributed by atoms with Gasteiger partial charge in [-0.05, 0) is 131 Å². The molecule has 0 N–H and O–H groups in total. The Bertz CT molecular complexity index is 2960. The maximum atomic E-state index is 5.94. The average molecular weight is 791 g/mol. The molecule has 0 saturated carbocycles. The number of thioether (sulfide) groups is 1. The molecule has 0 saturated heterocycles. The van der Waals surface area contributed by atoms with Crippen LogP contribution in [0.5, 0.6) is 0 Å². The molecule has 0 amide bonds. The second kappa shape index (κ2) is 15.4. The third-order valence-corrected chi connectivity index (χ3v) is 12.7. The number of pyridine rings is 1. The Balaban J connectivity index is 0.855. The number of rotatable bonds is 9. The van der Waals surface area contributed by atoms with Gasteiger partial charge in [-0.25, -0.2) is 9.97 Å². The summed E-state index contributed by atoms with van der Waals surface area (Å²) in [6.07, 6.45) is 10.7. The van der Waals surface area contributed by atoms with E-state index in [1.807, 2.05) is 42.1 Å². The molecule has 2 aliphatic rings. The molecule has 286 valence electrons. The Morgan fingerprint density at radius 2 is 0.933 bits per heavy atom. The molecule has 2 unspecified atom stereocenters. The molecule has 7 aromatic carbocycles. The molecule has 1 aliphatic carbocycles. The van der Waals surface area contributed by atoms with Crippen molar-refractivity contribution < 1.29 is 4.42 Å². The van der Waals surface area contributed by atoms with Crippen LogP contribution < -0.4 is 9.80 Å². The molecule has 0 radical (unpaired) electrons. The second-order valence-electron chi connectivity index (χ2n) is 15.0. The summed E-state index contributed by atoms with van der Waals surface area (Å²) in [5.41, 5.74) is 14.9. The zero-order chi connectivity index (χ0) is 39.8. The predicted molar refractivity (Wildman–Crippen MR) is 248 cm³/mol. The van der Waals surface area contributed by atoms with Gasteiger partial charge in [-0.1, -0.05) is 109 Å². The number of hydrogen-bond donors (Lipinski definition) is 0. The van der Waals surface area contributed by atoms with Gasteiger partial charge in [-0.15, -0.1) is 11.8 Å². The minimum Gasteiger partial charge on any atom is -0.418 e. The third kappa shape index (κ3) is 6.77. The van der Waals surface area contributed by atoms with Crippen LogP contribution in [0.1, 0.15) is 11.5 Å². The highest BCUT2D eigenvalue weighted by atomic mass is 32.2. The number of allylic oxidation sites excluding steroid dienone is 3. The fourth-order valence-electron chi connectivity index (χ4n) is 8.32. The lowest BCUT2D eigenvalue weighted by Gasteiger charge is -2.26. The first kappa shape index (κ1) is 35.7. The third-order valence-electron chi connectivity index (χ3n) is 11.3. The molecule has 0 fully saturated rings. The first-order valence-corrected chi connectivity index (χ1v) is 21.1. The van der Waals surface area contributed by atoms with Gasteiger partial charge in [0.05, 0.1) is 0 Å². The van der Waals surface area contributed by atoms with Gasteiger partial charge in [0.1, 0.15) is 5.52 Å². The molecular formula is C54H38N4OS. The maximum absolute atomic E-state index is 5.94. The lowest BCUT2D eigenvalue weighted by molar-refractivity contribution is 0.608. The second-order valence-corrected chi connectivity index (χ2v) is 16.2. The van der Waals surface area contributed by atoms with E-state index in [4.69, 9.17) is 4.42 Å². The van der Waals surface area contributed by atoms with E-state index in [-0.39, 0.29) is 0 Å². The molecule has 0 bridgehead atoms. The maximum Gasteiger partial charge on any atom is 0.247 e. The van der Waals surface area contributed by atoms with Crippen LogP contribution >= 0.6 is 11.8 Å². The summed E-state index contributed by atoms with van der Waals surface area (Å²) in [5.74, 6) is 1.03. The first-order chi connectivity index (χ1) is 29.7. The molecule has 1 aliphatic heterocycles. The summed E-state index contributed by atoms with van der Waals surface area (Å²) >= 11 is 1.98. The van der Waals surface area contributed by atoms with Gasteiger partial charge >= 0.3 is 0 Å². The number of aromatic nitrogens is 2. The van der Waals surface area contributed by atoms with Crippen molar-refractivity contribution in [3.63, 3.8) is 0 Å². The molecule has 9 aromatic rings. The van der Waals surface area contributed by atoms with Crippen LogP contribution in [0.25, 0.3) is 44.9 Å². The standard InChI is InChI=1S/C54H38N4OS/c1-3-10-42(11-4-1)57(46-30-21-39(22-31-46)41-25-34-49-48-14-7-8-16-51(48)60-52(49)36-41)44-26-17-37(18-27-44)38-19-28-45(29-20-38)58(43-12-5-2-6-13-43)47-32-23-40(24-33-47)53-56-50-15-9-35-55-54(50)59-53/h1-36,48,51H. The summed E-state index contributed by atoms with van der Waals surface area (Å²) in [6, 6.07) is 66.7. The molecule has 6 heteroatoms. The minimum atomic E-state index is 0.475. The number of anilines is 6. The molecular weight excluding hydrogens is 753 g/mol. The number of nitrogens with zero attached hydrogens (tertiary/aromatic N) is 4. The molecule has 11 rings (SSSR count). The van der Waals surface area contributed by atoms with Crippen LogP contribution in [-0.2, 0) is 0 Å². The first-order valence-electron chi connectivity index (χ1n) is 20.2. The van der Waals surface area contributed by atoms with Crippen LogP contribution in [0.4, 0.5) is 34.1 Å². The van der Waals surface area contributed by atoms with Crippen molar-refractivity contribution in [3.05, 3.63) is 224 Å². The Morgan fingerprint density at radius 1 is 0.450 bits per heavy atom. The lowest BCUT2D eigenvalue weighted by atomic mass is 9.91. The van der Waals surface area contributed by atoms with Gasteiger partial charge in [0.2, 0.25) is 11.6 Å². The van der Waals surface area contributed by atoms with Crippen molar-refractivity contribution in [2.24, 2.45) is 0 Å². The molecule has 3 heterocycles. The van der Waals surface area contributed by atoms with Crippen molar-refractivity contribution in [1.82, 2.24) is 9.97 Å². The fraction of sp³-hybridized carbons (Fsp3) is 0.0370. The van der Waals surface area contributed by atoms with Gasteiger partial charge in [0.25, 0.3) is 0 Å². The largest absolute Gasteiger partial charge is 0.418 e. The van der Waals surface area contributed by atoms with Crippen LogP contribution in [0, 0.1) is 0 Å². The van der Waals surface area contributed by atoms with E-state index < -0.39 is 0 Å². The number of benzene rings is 7. The van der Waals surface area contributed by atoms with E-state index in [1.54, 1.807) is 6.20 Å². The number of hydrogen-bond acceptors (Lipinski definition) is 6. The average Bonchev–Trinajstić information content (AvgIpc) is 3.93. The van der Waals surface area contributed by atoms with E-state index >= 15 is 0 Å². The normalized spacial score (nSPS) is 15.1. The molecule has 0 spiro atoms. The van der Waals surface area contributed by atoms with Crippen LogP contribution in [0.15, 0.2) is 228 Å². The molecule has 60 heavy (non-hydrogen) atoms. The molecule has 2 atom stereocenters. The zero-order valence-corrected chi connectivity index (χ0v) is 33.4. The van der Waals surface area contributed by atoms with E-state index in [9.17, 15) is 0 Å². The quantitative estimate of drug-likeness (QED) is 0.145. The fourth-order valence-corrected chi connectivity index (χ4v) is 9.70. The predicted octanol–water partition coefficient (Wildman–Crippen LogP) is 14.8. The Hall–Kier alpha value is -7.41. The van der Waals surface area contributed by atoms with Crippen molar-refractivity contribution in [3.8, 4) is 33.7 Å². The van der Waals surface area contributed by atoms with Crippen molar-refractivity contribution in [2.75, 3.05) is 9.80 Å². The Morgan fingerprint density at radius 3 is 1.48 bits per heavy atom. The number of para-hydroxylation sites is 2. The minimum absolute atomic E-state index is 0.475. The van der Waals surface area contributed by atoms with Crippen molar-refractivity contribution in [1.29, 1.82) is 0 Å². The van der Waals surface area contributed by atoms with Gasteiger partial charge in [-0.2, -0.15) is 0 Å². The van der Waals surface area contributed by atoms with E-state index in [0.29, 0.717) is 22.8 Å². The van der Waals surface area contributed by atoms with Gasteiger partial charge in [-0.3, -0.25) is 0 Å². The molecule has 2 aromatic heterocycles. The van der Waals surface area contributed by atoms with E-state index in [2.05, 4.69) is 202 Å². The summed E-state index contributed by atoms with van der Waals surface area (Å²) in [5, 5.41) is 0.500. The highest BCUT2D eigenvalue weighted by Gasteiger charge is 2.31. The van der Waals surface area contributed by atoms with Crippen molar-refractivity contribution in [2.45, 2.75) is 16.1 Å². The van der Waals surface area contributed by atoms with Gasteiger partial charge < -0.3 is 14.2 Å². The van der Waals surface area contributed by atoms with Gasteiger partial charge in [0, 0.05) is 61.9 Å². The highest BCUT2D eigenvalue weighted by Crippen LogP contribution is 2.49. The SMILES string of the molecule is C1=CC2Sc3cc(-c4ccc(N(c5ccccc5)c5ccc(-c6ccc(N(c7ccccc7)c7ccc(-c8nc9cccnc9o8)cc7)cc6)cc5)cc4)ccc3C2C=C1. The zero-order valence-electron chi connectivity index (χ0n) is 32.5. The highest BCUT2D eigenvalue weighted by molar-refractivity contribution is 8.00. The number of oxazole rings is 1. The molecule has 5 nitrogen and oxygen atoms in total. The van der Waals surface area contributed by atoms with Crippen LogP contribution in [-0.4, -0.2) is 15.2 Å². The van der Waals surface area contributed by atoms with Crippen molar-refractivity contribution >= 4 is 57.1 Å². The topological polar surface area (TPSA) is 45.4 Å². The summed E-state index contributed by atoms with van der Waals surface area (Å²) in [6.45, 7) is 0. The number of fused-ring (bicyclic) bond motifs is 4. The Labute approximate surface area is 353 Å². The van der Waals surface area contributed by atoms with E-state index in [1.165, 1.54) is 21.6 Å². The smallest absolute Gasteiger partial charge is 0.247 e. The monoisotopic (exact) mass is 790 g/mol.